The van der Waals surface area contributed by atoms with Crippen LogP contribution in [0.4, 0.5) is 15.8 Å². The average Bonchev–Trinajstić information content (AvgIpc) is 2.93. The summed E-state index contributed by atoms with van der Waals surface area (Å²) in [5, 5.41) is 10.8. The summed E-state index contributed by atoms with van der Waals surface area (Å²) in [6, 6.07) is 1.72. The second kappa shape index (κ2) is 5.66. The van der Waals surface area contributed by atoms with E-state index in [2.05, 4.69) is 0 Å². The molecular weight excluding hydrogens is 285 g/mol. The fraction of sp³-hybridized carbons (Fsp3) is 0.417. The highest BCUT2D eigenvalue weighted by Crippen LogP contribution is 2.29. The number of nitro groups is 1. The highest BCUT2D eigenvalue weighted by atomic mass is 32.2. The molecule has 1 saturated heterocycles. The second-order valence-corrected chi connectivity index (χ2v) is 5.73. The average molecular weight is 299 g/mol. The lowest BCUT2D eigenvalue weighted by Crippen LogP contribution is -2.37. The third-order valence-electron chi connectivity index (χ3n) is 3.32. The summed E-state index contributed by atoms with van der Waals surface area (Å²) in [6.45, 7) is 0. The molecular formula is C12H14FN3O3S. The highest BCUT2D eigenvalue weighted by Gasteiger charge is 2.28. The number of anilines is 1. The van der Waals surface area contributed by atoms with Crippen LogP contribution in [0.2, 0.25) is 0 Å². The van der Waals surface area contributed by atoms with Gasteiger partial charge in [0.1, 0.15) is 11.5 Å². The lowest BCUT2D eigenvalue weighted by molar-refractivity contribution is -0.384. The van der Waals surface area contributed by atoms with Gasteiger partial charge < -0.3 is 10.6 Å². The number of nitrogen functional groups attached to an aromatic ring is 1. The van der Waals surface area contributed by atoms with Crippen molar-refractivity contribution in [3.8, 4) is 0 Å². The third-order valence-corrected chi connectivity index (χ3v) is 4.47. The molecule has 1 aromatic carbocycles. The molecule has 1 heterocycles. The van der Waals surface area contributed by atoms with E-state index in [9.17, 15) is 19.3 Å². The van der Waals surface area contributed by atoms with E-state index in [1.165, 1.54) is 4.90 Å². The van der Waals surface area contributed by atoms with Crippen molar-refractivity contribution in [3.05, 3.63) is 33.6 Å². The number of carbonyl (C=O) groups excluding carboxylic acids is 1. The topological polar surface area (TPSA) is 89.5 Å². The number of hydrogen-bond donors (Lipinski definition) is 1. The minimum Gasteiger partial charge on any atom is -0.393 e. The van der Waals surface area contributed by atoms with E-state index >= 15 is 0 Å². The van der Waals surface area contributed by atoms with Crippen LogP contribution in [0, 0.1) is 15.9 Å². The Kier molecular flexibility index (Phi) is 4.12. The molecule has 1 aliphatic rings. The van der Waals surface area contributed by atoms with Gasteiger partial charge in [0.15, 0.2) is 0 Å². The van der Waals surface area contributed by atoms with Gasteiger partial charge in [0, 0.05) is 18.8 Å². The van der Waals surface area contributed by atoms with Crippen LogP contribution in [0.5, 0.6) is 0 Å². The standard InChI is InChI=1S/C12H14FN3O3S/c1-15(8-2-3-20-6-8)12(17)9-4-7(13)5-10(11(9)14)16(18)19/h4-5,8H,2-3,6,14H2,1H3. The van der Waals surface area contributed by atoms with Gasteiger partial charge in [-0.3, -0.25) is 14.9 Å². The minimum absolute atomic E-state index is 0.0502. The number of amides is 1. The molecule has 2 rings (SSSR count). The quantitative estimate of drug-likeness (QED) is 0.523. The Morgan fingerprint density at radius 3 is 2.85 bits per heavy atom. The molecule has 108 valence electrons. The number of nitro benzene ring substituents is 1. The van der Waals surface area contributed by atoms with Crippen LogP contribution >= 0.6 is 11.8 Å². The smallest absolute Gasteiger partial charge is 0.295 e. The number of nitrogens with two attached hydrogens (primary N) is 1. The Morgan fingerprint density at radius 2 is 2.30 bits per heavy atom. The van der Waals surface area contributed by atoms with Crippen molar-refractivity contribution >= 4 is 29.0 Å². The van der Waals surface area contributed by atoms with Crippen LogP contribution in [0.25, 0.3) is 0 Å². The number of nitrogens with zero attached hydrogens (tertiary/aromatic N) is 2. The Morgan fingerprint density at radius 1 is 1.60 bits per heavy atom. The zero-order valence-corrected chi connectivity index (χ0v) is 11.7. The third kappa shape index (κ3) is 2.69. The minimum atomic E-state index is -0.844. The largest absolute Gasteiger partial charge is 0.393 e. The Balaban J connectivity index is 2.36. The van der Waals surface area contributed by atoms with Crippen LogP contribution in [0.1, 0.15) is 16.8 Å². The molecule has 0 saturated carbocycles. The number of rotatable bonds is 3. The molecule has 0 spiro atoms. The predicted octanol–water partition coefficient (Wildman–Crippen LogP) is 1.89. The Labute approximate surface area is 119 Å². The normalized spacial score (nSPS) is 18.0. The van der Waals surface area contributed by atoms with Gasteiger partial charge in [0.25, 0.3) is 11.6 Å². The summed E-state index contributed by atoms with van der Waals surface area (Å²) in [5.41, 5.74) is 4.60. The lowest BCUT2D eigenvalue weighted by atomic mass is 10.1. The molecule has 6 nitrogen and oxygen atoms in total. The zero-order chi connectivity index (χ0) is 14.9. The van der Waals surface area contributed by atoms with Crippen LogP contribution in [-0.2, 0) is 0 Å². The molecule has 1 unspecified atom stereocenters. The van der Waals surface area contributed by atoms with Crippen LogP contribution in [0.15, 0.2) is 12.1 Å². The first-order chi connectivity index (χ1) is 9.41. The highest BCUT2D eigenvalue weighted by molar-refractivity contribution is 7.99. The number of carbonyl (C=O) groups is 1. The molecule has 0 radical (unpaired) electrons. The van der Waals surface area contributed by atoms with E-state index in [1.54, 1.807) is 18.8 Å². The number of thioether (sulfide) groups is 1. The molecule has 20 heavy (non-hydrogen) atoms. The van der Waals surface area contributed by atoms with Gasteiger partial charge >= 0.3 is 0 Å². The van der Waals surface area contributed by atoms with E-state index in [0.29, 0.717) is 0 Å². The first-order valence-corrected chi connectivity index (χ1v) is 7.15. The molecule has 0 aromatic heterocycles. The molecule has 8 heteroatoms. The number of benzene rings is 1. The maximum atomic E-state index is 13.4. The fourth-order valence-corrected chi connectivity index (χ4v) is 3.38. The molecule has 0 bridgehead atoms. The molecule has 1 aromatic rings. The molecule has 1 fully saturated rings. The van der Waals surface area contributed by atoms with Gasteiger partial charge in [-0.15, -0.1) is 0 Å². The summed E-state index contributed by atoms with van der Waals surface area (Å²) in [7, 11) is 1.61. The molecule has 1 amide bonds. The zero-order valence-electron chi connectivity index (χ0n) is 10.8. The van der Waals surface area contributed by atoms with Gasteiger partial charge in [0.2, 0.25) is 0 Å². The van der Waals surface area contributed by atoms with Crippen molar-refractivity contribution in [1.29, 1.82) is 0 Å². The summed E-state index contributed by atoms with van der Waals surface area (Å²) >= 11 is 1.73. The second-order valence-electron chi connectivity index (χ2n) is 4.58. The molecule has 1 aliphatic heterocycles. The SMILES string of the molecule is CN(C(=O)c1cc(F)cc([N+](=O)[O-])c1N)C1CCSC1. The maximum Gasteiger partial charge on any atom is 0.295 e. The van der Waals surface area contributed by atoms with Gasteiger partial charge in [-0.25, -0.2) is 4.39 Å². The summed E-state index contributed by atoms with van der Waals surface area (Å²) < 4.78 is 13.4. The monoisotopic (exact) mass is 299 g/mol. The first kappa shape index (κ1) is 14.6. The van der Waals surface area contributed by atoms with Crippen LogP contribution in [-0.4, -0.2) is 40.3 Å². The van der Waals surface area contributed by atoms with E-state index in [-0.39, 0.29) is 17.3 Å². The molecule has 1 atom stereocenters. The van der Waals surface area contributed by atoms with E-state index < -0.39 is 22.3 Å². The van der Waals surface area contributed by atoms with Crippen molar-refractivity contribution < 1.29 is 14.1 Å². The van der Waals surface area contributed by atoms with E-state index in [1.807, 2.05) is 0 Å². The van der Waals surface area contributed by atoms with Gasteiger partial charge in [0.05, 0.1) is 16.6 Å². The van der Waals surface area contributed by atoms with Gasteiger partial charge in [-0.1, -0.05) is 0 Å². The van der Waals surface area contributed by atoms with Crippen molar-refractivity contribution in [3.63, 3.8) is 0 Å². The van der Waals surface area contributed by atoms with E-state index in [4.69, 9.17) is 5.73 Å². The van der Waals surface area contributed by atoms with Crippen molar-refractivity contribution in [2.45, 2.75) is 12.5 Å². The van der Waals surface area contributed by atoms with Crippen molar-refractivity contribution in [1.82, 2.24) is 4.90 Å². The Bertz CT molecular complexity index is 561. The first-order valence-electron chi connectivity index (χ1n) is 6.00. The van der Waals surface area contributed by atoms with Crippen molar-refractivity contribution in [2.24, 2.45) is 0 Å². The van der Waals surface area contributed by atoms with Gasteiger partial charge in [-0.2, -0.15) is 11.8 Å². The number of halogens is 1. The molecule has 2 N–H and O–H groups in total. The number of hydrogen-bond acceptors (Lipinski definition) is 5. The summed E-state index contributed by atoms with van der Waals surface area (Å²) in [5.74, 6) is 0.432. The maximum absolute atomic E-state index is 13.4. The summed E-state index contributed by atoms with van der Waals surface area (Å²) in [4.78, 5) is 23.8. The van der Waals surface area contributed by atoms with Crippen molar-refractivity contribution in [2.75, 3.05) is 24.3 Å². The fourth-order valence-electron chi connectivity index (χ4n) is 2.11. The molecule has 0 aliphatic carbocycles. The van der Waals surface area contributed by atoms with Crippen LogP contribution in [0.3, 0.4) is 0 Å². The Hall–Kier alpha value is -1.83. The predicted molar refractivity (Wildman–Crippen MR) is 75.3 cm³/mol. The van der Waals surface area contributed by atoms with Gasteiger partial charge in [-0.05, 0) is 18.2 Å². The van der Waals surface area contributed by atoms with Crippen LogP contribution < -0.4 is 5.73 Å². The summed E-state index contributed by atoms with van der Waals surface area (Å²) in [6.07, 6.45) is 0.851. The van der Waals surface area contributed by atoms with E-state index in [0.717, 1.165) is 30.1 Å². The lowest BCUT2D eigenvalue weighted by Gasteiger charge is -2.24.